The Balaban J connectivity index is 1.56. The van der Waals surface area contributed by atoms with Gasteiger partial charge in [0.15, 0.2) is 0 Å². The van der Waals surface area contributed by atoms with Gasteiger partial charge in [-0.25, -0.2) is 0 Å². The van der Waals surface area contributed by atoms with Crippen LogP contribution < -0.4 is 10.6 Å². The first-order chi connectivity index (χ1) is 10.2. The lowest BCUT2D eigenvalue weighted by molar-refractivity contribution is -0.122. The number of benzene rings is 1. The fraction of sp³-hybridized carbons (Fsp3) is 0.333. The van der Waals surface area contributed by atoms with E-state index in [1.54, 1.807) is 0 Å². The van der Waals surface area contributed by atoms with E-state index in [2.05, 4.69) is 10.6 Å². The molecule has 1 aromatic heterocycles. The number of carbonyl (C=O) groups excluding carboxylic acids is 2. The van der Waals surface area contributed by atoms with E-state index in [-0.39, 0.29) is 17.7 Å². The second kappa shape index (κ2) is 6.03. The molecule has 0 saturated heterocycles. The highest BCUT2D eigenvalue weighted by atomic mass is 35.5. The number of hydrogen-bond donors (Lipinski definition) is 2. The average Bonchev–Trinajstić information content (AvgIpc) is 3.28. The number of hydrogen-bond acceptors (Lipinski definition) is 3. The quantitative estimate of drug-likeness (QED) is 0.832. The highest BCUT2D eigenvalue weighted by Gasteiger charge is 2.29. The van der Waals surface area contributed by atoms with E-state index in [0.29, 0.717) is 23.0 Å². The third-order valence-electron chi connectivity index (χ3n) is 3.40. The number of rotatable bonds is 5. The normalized spacial score (nSPS) is 14.1. The minimum absolute atomic E-state index is 0.0872. The van der Waals surface area contributed by atoms with Gasteiger partial charge in [0.05, 0.1) is 5.02 Å². The summed E-state index contributed by atoms with van der Waals surface area (Å²) in [5.74, 6) is 0.0868. The van der Waals surface area contributed by atoms with Crippen molar-refractivity contribution in [2.45, 2.75) is 12.8 Å². The van der Waals surface area contributed by atoms with Gasteiger partial charge in [-0.05, 0) is 18.9 Å². The Morgan fingerprint density at radius 2 is 1.90 bits per heavy atom. The van der Waals surface area contributed by atoms with Crippen molar-refractivity contribution in [1.82, 2.24) is 10.6 Å². The number of fused-ring (bicyclic) bond motifs is 1. The van der Waals surface area contributed by atoms with Gasteiger partial charge in [0, 0.05) is 29.1 Å². The maximum absolute atomic E-state index is 12.1. The molecule has 1 aliphatic carbocycles. The summed E-state index contributed by atoms with van der Waals surface area (Å²) >= 11 is 7.62. The summed E-state index contributed by atoms with van der Waals surface area (Å²) in [6, 6.07) is 7.67. The highest BCUT2D eigenvalue weighted by molar-refractivity contribution is 7.21. The van der Waals surface area contributed by atoms with Crippen LogP contribution in [0.15, 0.2) is 24.3 Å². The number of halogens is 1. The SMILES string of the molecule is O=C(NCCNC(=O)C1CC1)c1sc2ccccc2c1Cl. The van der Waals surface area contributed by atoms with Crippen LogP contribution >= 0.6 is 22.9 Å². The molecular formula is C15H15ClN2O2S. The summed E-state index contributed by atoms with van der Waals surface area (Å²) in [6.07, 6.45) is 1.96. The summed E-state index contributed by atoms with van der Waals surface area (Å²) in [6.45, 7) is 0.853. The summed E-state index contributed by atoms with van der Waals surface area (Å²) in [5.41, 5.74) is 0. The average molecular weight is 323 g/mol. The molecule has 0 aliphatic heterocycles. The molecular weight excluding hydrogens is 308 g/mol. The van der Waals surface area contributed by atoms with Crippen LogP contribution in [0.4, 0.5) is 0 Å². The maximum Gasteiger partial charge on any atom is 0.262 e. The third-order valence-corrected chi connectivity index (χ3v) is 5.07. The molecule has 110 valence electrons. The molecule has 4 nitrogen and oxygen atoms in total. The molecule has 2 amide bonds. The summed E-state index contributed by atoms with van der Waals surface area (Å²) < 4.78 is 0.995. The van der Waals surface area contributed by atoms with Crippen molar-refractivity contribution in [2.24, 2.45) is 5.92 Å². The molecule has 1 fully saturated rings. The Morgan fingerprint density at radius 1 is 1.19 bits per heavy atom. The van der Waals surface area contributed by atoms with Crippen molar-refractivity contribution >= 4 is 44.8 Å². The van der Waals surface area contributed by atoms with Gasteiger partial charge in [0.1, 0.15) is 4.88 Å². The first kappa shape index (κ1) is 14.4. The van der Waals surface area contributed by atoms with Gasteiger partial charge in [0.2, 0.25) is 5.91 Å². The fourth-order valence-corrected chi connectivity index (χ4v) is 3.53. The van der Waals surface area contributed by atoms with Gasteiger partial charge >= 0.3 is 0 Å². The van der Waals surface area contributed by atoms with Crippen LogP contribution in [-0.2, 0) is 4.79 Å². The standard InChI is InChI=1S/C15H15ClN2O2S/c16-12-10-3-1-2-4-11(10)21-13(12)15(20)18-8-7-17-14(19)9-5-6-9/h1-4,9H,5-8H2,(H,17,19)(H,18,20). The number of thiophene rings is 1. The second-order valence-electron chi connectivity index (χ2n) is 5.06. The topological polar surface area (TPSA) is 58.2 Å². The predicted molar refractivity (Wildman–Crippen MR) is 84.9 cm³/mol. The minimum Gasteiger partial charge on any atom is -0.354 e. The zero-order valence-electron chi connectivity index (χ0n) is 11.3. The molecule has 0 atom stereocenters. The van der Waals surface area contributed by atoms with Crippen LogP contribution in [0.5, 0.6) is 0 Å². The summed E-state index contributed by atoms with van der Waals surface area (Å²) in [7, 11) is 0. The van der Waals surface area contributed by atoms with E-state index in [1.807, 2.05) is 24.3 Å². The Labute approximate surface area is 131 Å². The van der Waals surface area contributed by atoms with Crippen LogP contribution in [0.25, 0.3) is 10.1 Å². The van der Waals surface area contributed by atoms with E-state index in [1.165, 1.54) is 11.3 Å². The largest absolute Gasteiger partial charge is 0.354 e. The fourth-order valence-electron chi connectivity index (χ4n) is 2.09. The van der Waals surface area contributed by atoms with Gasteiger partial charge in [-0.1, -0.05) is 29.8 Å². The van der Waals surface area contributed by atoms with Crippen molar-refractivity contribution in [2.75, 3.05) is 13.1 Å². The first-order valence-corrected chi connectivity index (χ1v) is 8.09. The zero-order valence-corrected chi connectivity index (χ0v) is 12.9. The van der Waals surface area contributed by atoms with Gasteiger partial charge in [-0.15, -0.1) is 11.3 Å². The first-order valence-electron chi connectivity index (χ1n) is 6.90. The predicted octanol–water partition coefficient (Wildman–Crippen LogP) is 2.81. The van der Waals surface area contributed by atoms with Crippen LogP contribution in [-0.4, -0.2) is 24.9 Å². The minimum atomic E-state index is -0.193. The van der Waals surface area contributed by atoms with Crippen molar-refractivity contribution in [3.8, 4) is 0 Å². The second-order valence-corrected chi connectivity index (χ2v) is 6.49. The molecule has 0 spiro atoms. The number of amides is 2. The number of nitrogens with one attached hydrogen (secondary N) is 2. The van der Waals surface area contributed by atoms with E-state index >= 15 is 0 Å². The third kappa shape index (κ3) is 3.19. The van der Waals surface area contributed by atoms with Crippen molar-refractivity contribution in [3.05, 3.63) is 34.2 Å². The van der Waals surface area contributed by atoms with Crippen LogP contribution in [0.1, 0.15) is 22.5 Å². The summed E-state index contributed by atoms with van der Waals surface area (Å²) in [5, 5.41) is 6.99. The van der Waals surface area contributed by atoms with Crippen molar-refractivity contribution in [3.63, 3.8) is 0 Å². The van der Waals surface area contributed by atoms with Crippen LogP contribution in [0.3, 0.4) is 0 Å². The zero-order chi connectivity index (χ0) is 14.8. The molecule has 1 aromatic carbocycles. The molecule has 6 heteroatoms. The van der Waals surface area contributed by atoms with Crippen LogP contribution in [0, 0.1) is 5.92 Å². The Hall–Kier alpha value is -1.59. The lowest BCUT2D eigenvalue weighted by Gasteiger charge is -2.05. The molecule has 1 aliphatic rings. The molecule has 2 N–H and O–H groups in total. The van der Waals surface area contributed by atoms with Gasteiger partial charge < -0.3 is 10.6 Å². The maximum atomic E-state index is 12.1. The smallest absolute Gasteiger partial charge is 0.262 e. The Morgan fingerprint density at radius 3 is 2.62 bits per heavy atom. The van der Waals surface area contributed by atoms with E-state index in [9.17, 15) is 9.59 Å². The molecule has 1 heterocycles. The van der Waals surface area contributed by atoms with Gasteiger partial charge in [-0.2, -0.15) is 0 Å². The van der Waals surface area contributed by atoms with Crippen molar-refractivity contribution < 1.29 is 9.59 Å². The Bertz CT molecular complexity index is 694. The van der Waals surface area contributed by atoms with Gasteiger partial charge in [-0.3, -0.25) is 9.59 Å². The monoisotopic (exact) mass is 322 g/mol. The van der Waals surface area contributed by atoms with E-state index < -0.39 is 0 Å². The number of carbonyl (C=O) groups is 2. The van der Waals surface area contributed by atoms with E-state index in [4.69, 9.17) is 11.6 Å². The highest BCUT2D eigenvalue weighted by Crippen LogP contribution is 2.34. The van der Waals surface area contributed by atoms with Gasteiger partial charge in [0.25, 0.3) is 5.91 Å². The van der Waals surface area contributed by atoms with E-state index in [0.717, 1.165) is 22.9 Å². The molecule has 1 saturated carbocycles. The summed E-state index contributed by atoms with van der Waals surface area (Å²) in [4.78, 5) is 24.1. The molecule has 21 heavy (non-hydrogen) atoms. The Kier molecular flexibility index (Phi) is 4.12. The molecule has 3 rings (SSSR count). The lowest BCUT2D eigenvalue weighted by Crippen LogP contribution is -2.35. The molecule has 0 radical (unpaired) electrons. The lowest BCUT2D eigenvalue weighted by atomic mass is 10.2. The molecule has 0 bridgehead atoms. The van der Waals surface area contributed by atoms with Crippen molar-refractivity contribution in [1.29, 1.82) is 0 Å². The molecule has 0 unspecified atom stereocenters. The van der Waals surface area contributed by atoms with Crippen LogP contribution in [0.2, 0.25) is 5.02 Å². The molecule has 2 aromatic rings.